The van der Waals surface area contributed by atoms with Gasteiger partial charge in [0, 0.05) is 6.04 Å². The molecule has 4 heteroatoms. The summed E-state index contributed by atoms with van der Waals surface area (Å²) in [4.78, 5) is 0. The van der Waals surface area contributed by atoms with Crippen molar-refractivity contribution in [3.8, 4) is 5.75 Å². The number of hydrogen-bond donors (Lipinski definition) is 2. The first-order chi connectivity index (χ1) is 9.65. The second-order valence-corrected chi connectivity index (χ2v) is 6.12. The molecule has 3 nitrogen and oxygen atoms in total. The van der Waals surface area contributed by atoms with E-state index in [4.69, 9.17) is 10.6 Å². The summed E-state index contributed by atoms with van der Waals surface area (Å²) in [5.74, 6) is 7.33. The third kappa shape index (κ3) is 5.08. The molecule has 0 aliphatic heterocycles. The summed E-state index contributed by atoms with van der Waals surface area (Å²) in [6, 6.07) is 6.35. The summed E-state index contributed by atoms with van der Waals surface area (Å²) in [6.07, 6.45) is 6.11. The van der Waals surface area contributed by atoms with Crippen LogP contribution in [-0.4, -0.2) is 7.11 Å². The molecule has 20 heavy (non-hydrogen) atoms. The van der Waals surface area contributed by atoms with Gasteiger partial charge in [0.05, 0.1) is 11.6 Å². The quantitative estimate of drug-likeness (QED) is 0.510. The molecule has 2 unspecified atom stereocenters. The molecule has 0 aliphatic carbocycles. The van der Waals surface area contributed by atoms with Gasteiger partial charge in [0.15, 0.2) is 0 Å². The van der Waals surface area contributed by atoms with Gasteiger partial charge >= 0.3 is 0 Å². The summed E-state index contributed by atoms with van der Waals surface area (Å²) in [6.45, 7) is 4.50. The number of nitrogens with one attached hydrogen (secondary N) is 1. The molecular formula is C16H27BrN2O. The van der Waals surface area contributed by atoms with Crippen LogP contribution in [-0.2, 0) is 0 Å². The van der Waals surface area contributed by atoms with Crippen LogP contribution in [0, 0.1) is 5.92 Å². The fourth-order valence-corrected chi connectivity index (χ4v) is 3.07. The summed E-state index contributed by atoms with van der Waals surface area (Å²) in [7, 11) is 1.68. The van der Waals surface area contributed by atoms with Crippen LogP contribution in [0.15, 0.2) is 22.7 Å². The Morgan fingerprint density at radius 1 is 1.35 bits per heavy atom. The standard InChI is InChI=1S/C16H27BrN2O/c1-4-6-7-12(5-2)10-15(19-18)13-8-9-16(20-3)14(17)11-13/h8-9,11-12,15,19H,4-7,10,18H2,1-3H3. The van der Waals surface area contributed by atoms with Crippen molar-refractivity contribution in [1.29, 1.82) is 0 Å². The molecule has 3 N–H and O–H groups in total. The highest BCUT2D eigenvalue weighted by Crippen LogP contribution is 2.31. The van der Waals surface area contributed by atoms with Crippen molar-refractivity contribution in [2.45, 2.75) is 52.0 Å². The average Bonchev–Trinajstić information content (AvgIpc) is 2.47. The topological polar surface area (TPSA) is 47.3 Å². The third-order valence-corrected chi connectivity index (χ3v) is 4.51. The molecule has 0 aromatic heterocycles. The molecule has 1 rings (SSSR count). The lowest BCUT2D eigenvalue weighted by Gasteiger charge is -2.23. The van der Waals surface area contributed by atoms with Gasteiger partial charge in [-0.15, -0.1) is 0 Å². The van der Waals surface area contributed by atoms with Gasteiger partial charge in [-0.05, 0) is 46.0 Å². The molecule has 1 aromatic carbocycles. The Bertz CT molecular complexity index is 398. The number of methoxy groups -OCH3 is 1. The van der Waals surface area contributed by atoms with Crippen LogP contribution in [0.25, 0.3) is 0 Å². The van der Waals surface area contributed by atoms with E-state index in [9.17, 15) is 0 Å². The van der Waals surface area contributed by atoms with E-state index < -0.39 is 0 Å². The van der Waals surface area contributed by atoms with Gasteiger partial charge in [-0.25, -0.2) is 0 Å². The van der Waals surface area contributed by atoms with E-state index in [1.807, 2.05) is 6.07 Å². The van der Waals surface area contributed by atoms with Crippen molar-refractivity contribution in [2.75, 3.05) is 7.11 Å². The minimum Gasteiger partial charge on any atom is -0.496 e. The third-order valence-electron chi connectivity index (χ3n) is 3.89. The van der Waals surface area contributed by atoms with E-state index in [1.165, 1.54) is 31.2 Å². The van der Waals surface area contributed by atoms with Gasteiger partial charge in [0.1, 0.15) is 5.75 Å². The number of hydrogen-bond acceptors (Lipinski definition) is 3. The van der Waals surface area contributed by atoms with Gasteiger partial charge in [0.2, 0.25) is 0 Å². The predicted molar refractivity (Wildman–Crippen MR) is 88.7 cm³/mol. The zero-order chi connectivity index (χ0) is 15.0. The minimum absolute atomic E-state index is 0.194. The van der Waals surface area contributed by atoms with Crippen molar-refractivity contribution >= 4 is 15.9 Å². The first-order valence-electron chi connectivity index (χ1n) is 7.45. The maximum Gasteiger partial charge on any atom is 0.133 e. The van der Waals surface area contributed by atoms with E-state index in [0.29, 0.717) is 0 Å². The lowest BCUT2D eigenvalue weighted by atomic mass is 9.89. The average molecular weight is 343 g/mol. The second-order valence-electron chi connectivity index (χ2n) is 5.27. The second kappa shape index (κ2) is 9.37. The number of unbranched alkanes of at least 4 members (excludes halogenated alkanes) is 1. The fraction of sp³-hybridized carbons (Fsp3) is 0.625. The van der Waals surface area contributed by atoms with Crippen LogP contribution in [0.3, 0.4) is 0 Å². The molecule has 0 aliphatic rings. The molecule has 0 bridgehead atoms. The number of nitrogens with two attached hydrogens (primary N) is 1. The number of benzene rings is 1. The molecule has 0 spiro atoms. The SMILES string of the molecule is CCCCC(CC)CC(NN)c1ccc(OC)c(Br)c1. The van der Waals surface area contributed by atoms with Crippen molar-refractivity contribution in [3.63, 3.8) is 0 Å². The molecule has 114 valence electrons. The fourth-order valence-electron chi connectivity index (χ4n) is 2.51. The zero-order valence-electron chi connectivity index (χ0n) is 12.8. The Morgan fingerprint density at radius 3 is 2.60 bits per heavy atom. The molecule has 2 atom stereocenters. The van der Waals surface area contributed by atoms with E-state index >= 15 is 0 Å². The highest BCUT2D eigenvalue weighted by molar-refractivity contribution is 9.10. The minimum atomic E-state index is 0.194. The van der Waals surface area contributed by atoms with E-state index in [0.717, 1.165) is 22.6 Å². The normalized spacial score (nSPS) is 14.1. The monoisotopic (exact) mass is 342 g/mol. The van der Waals surface area contributed by atoms with Crippen LogP contribution in [0.5, 0.6) is 5.75 Å². The molecule has 0 amide bonds. The van der Waals surface area contributed by atoms with E-state index in [-0.39, 0.29) is 6.04 Å². The van der Waals surface area contributed by atoms with Crippen molar-refractivity contribution in [2.24, 2.45) is 11.8 Å². The molecule has 0 radical (unpaired) electrons. The van der Waals surface area contributed by atoms with Gasteiger partial charge in [-0.2, -0.15) is 0 Å². The highest BCUT2D eigenvalue weighted by Gasteiger charge is 2.17. The van der Waals surface area contributed by atoms with E-state index in [1.54, 1.807) is 7.11 Å². The van der Waals surface area contributed by atoms with Crippen molar-refractivity contribution < 1.29 is 4.74 Å². The molecular weight excluding hydrogens is 316 g/mol. The summed E-state index contributed by atoms with van der Waals surface area (Å²) in [5.41, 5.74) is 4.17. The molecule has 1 aromatic rings. The van der Waals surface area contributed by atoms with Crippen LogP contribution in [0.1, 0.15) is 57.6 Å². The number of rotatable bonds is 9. The summed E-state index contributed by atoms with van der Waals surface area (Å²) >= 11 is 3.54. The van der Waals surface area contributed by atoms with Gasteiger partial charge in [-0.1, -0.05) is 45.6 Å². The van der Waals surface area contributed by atoms with Crippen LogP contribution in [0.4, 0.5) is 0 Å². The highest BCUT2D eigenvalue weighted by atomic mass is 79.9. The Labute approximate surface area is 131 Å². The van der Waals surface area contributed by atoms with E-state index in [2.05, 4.69) is 47.3 Å². The summed E-state index contributed by atoms with van der Waals surface area (Å²) in [5, 5.41) is 0. The van der Waals surface area contributed by atoms with Crippen LogP contribution >= 0.6 is 15.9 Å². The van der Waals surface area contributed by atoms with Crippen LogP contribution in [0.2, 0.25) is 0 Å². The lowest BCUT2D eigenvalue weighted by molar-refractivity contribution is 0.356. The smallest absolute Gasteiger partial charge is 0.133 e. The molecule has 0 fully saturated rings. The Morgan fingerprint density at radius 2 is 2.10 bits per heavy atom. The van der Waals surface area contributed by atoms with Crippen molar-refractivity contribution in [1.82, 2.24) is 5.43 Å². The van der Waals surface area contributed by atoms with Crippen LogP contribution < -0.4 is 16.0 Å². The first-order valence-corrected chi connectivity index (χ1v) is 8.25. The number of halogens is 1. The number of ether oxygens (including phenoxy) is 1. The Balaban J connectivity index is 2.76. The van der Waals surface area contributed by atoms with Crippen molar-refractivity contribution in [3.05, 3.63) is 28.2 Å². The maximum absolute atomic E-state index is 5.76. The summed E-state index contributed by atoms with van der Waals surface area (Å²) < 4.78 is 6.24. The number of hydrazine groups is 1. The lowest BCUT2D eigenvalue weighted by Crippen LogP contribution is -2.29. The van der Waals surface area contributed by atoms with Gasteiger partial charge in [-0.3, -0.25) is 11.3 Å². The molecule has 0 saturated carbocycles. The van der Waals surface area contributed by atoms with Gasteiger partial charge < -0.3 is 4.74 Å². The Hall–Kier alpha value is -0.580. The molecule has 0 saturated heterocycles. The Kier molecular flexibility index (Phi) is 8.19. The maximum atomic E-state index is 5.76. The predicted octanol–water partition coefficient (Wildman–Crippen LogP) is 4.57. The zero-order valence-corrected chi connectivity index (χ0v) is 14.4. The first kappa shape index (κ1) is 17.5. The largest absolute Gasteiger partial charge is 0.496 e. The van der Waals surface area contributed by atoms with Gasteiger partial charge in [0.25, 0.3) is 0 Å². The molecule has 0 heterocycles.